The van der Waals surface area contributed by atoms with E-state index in [1.807, 2.05) is 14.0 Å². The van der Waals surface area contributed by atoms with Gasteiger partial charge in [-0.2, -0.15) is 0 Å². The van der Waals surface area contributed by atoms with Crippen LogP contribution in [0.3, 0.4) is 0 Å². The van der Waals surface area contributed by atoms with Crippen molar-refractivity contribution in [2.45, 2.75) is 25.8 Å². The van der Waals surface area contributed by atoms with Crippen molar-refractivity contribution in [3.63, 3.8) is 0 Å². The fourth-order valence-electron chi connectivity index (χ4n) is 2.01. The van der Waals surface area contributed by atoms with E-state index in [1.54, 1.807) is 4.90 Å². The van der Waals surface area contributed by atoms with Gasteiger partial charge in [0.2, 0.25) is 5.91 Å². The highest BCUT2D eigenvalue weighted by Crippen LogP contribution is 2.08. The summed E-state index contributed by atoms with van der Waals surface area (Å²) in [5.41, 5.74) is 0. The van der Waals surface area contributed by atoms with E-state index in [0.717, 1.165) is 19.5 Å². The van der Waals surface area contributed by atoms with E-state index in [1.165, 1.54) is 0 Å². The minimum atomic E-state index is -0.310. The zero-order valence-electron chi connectivity index (χ0n) is 10.4. The largest absolute Gasteiger partial charge is 0.324 e. The van der Waals surface area contributed by atoms with E-state index >= 15 is 0 Å². The summed E-state index contributed by atoms with van der Waals surface area (Å²) in [5.74, 6) is -0.0768. The first-order chi connectivity index (χ1) is 8.04. The molecule has 0 spiro atoms. The molecule has 1 saturated heterocycles. The fourth-order valence-corrected chi connectivity index (χ4v) is 2.19. The van der Waals surface area contributed by atoms with E-state index in [2.05, 4.69) is 10.2 Å². The monoisotopic (exact) mass is 261 g/mol. The Hall–Kier alpha value is -0.810. The van der Waals surface area contributed by atoms with Gasteiger partial charge in [-0.15, -0.1) is 11.6 Å². The minimum Gasteiger partial charge on any atom is -0.320 e. The molecule has 0 radical (unpaired) electrons. The van der Waals surface area contributed by atoms with E-state index in [4.69, 9.17) is 11.6 Å². The molecule has 0 bridgehead atoms. The molecule has 0 aromatic carbocycles. The van der Waals surface area contributed by atoms with Crippen LogP contribution < -0.4 is 5.32 Å². The Labute approximate surface area is 107 Å². The molecule has 1 heterocycles. The van der Waals surface area contributed by atoms with Gasteiger partial charge in [0.25, 0.3) is 0 Å². The van der Waals surface area contributed by atoms with Crippen molar-refractivity contribution >= 4 is 23.5 Å². The molecule has 1 fully saturated rings. The Bertz CT molecular complexity index is 286. The summed E-state index contributed by atoms with van der Waals surface area (Å²) < 4.78 is 0. The maximum Gasteiger partial charge on any atom is 0.324 e. The van der Waals surface area contributed by atoms with Gasteiger partial charge in [0.05, 0.1) is 0 Å². The van der Waals surface area contributed by atoms with Gasteiger partial charge in [0.15, 0.2) is 0 Å². The number of alkyl halides is 1. The molecule has 3 amide bonds. The number of hydrogen-bond acceptors (Lipinski definition) is 3. The predicted octanol–water partition coefficient (Wildman–Crippen LogP) is 0.877. The summed E-state index contributed by atoms with van der Waals surface area (Å²) in [6.07, 6.45) is 1.10. The van der Waals surface area contributed by atoms with Crippen molar-refractivity contribution < 1.29 is 9.59 Å². The lowest BCUT2D eigenvalue weighted by atomic mass is 10.3. The molecule has 6 heteroatoms. The molecule has 1 atom stereocenters. The van der Waals surface area contributed by atoms with Gasteiger partial charge in [-0.05, 0) is 26.9 Å². The average Bonchev–Trinajstić information content (AvgIpc) is 2.39. The third kappa shape index (κ3) is 4.52. The zero-order chi connectivity index (χ0) is 12.8. The predicted molar refractivity (Wildman–Crippen MR) is 67.2 cm³/mol. The third-order valence-electron chi connectivity index (χ3n) is 2.88. The number of urea groups is 1. The number of imide groups is 1. The van der Waals surface area contributed by atoms with Crippen LogP contribution in [0, 0.1) is 0 Å². The number of amides is 3. The number of halogens is 1. The second kappa shape index (κ2) is 6.81. The normalized spacial score (nSPS) is 22.1. The maximum atomic E-state index is 11.9. The van der Waals surface area contributed by atoms with Crippen LogP contribution in [0.4, 0.5) is 4.79 Å². The van der Waals surface area contributed by atoms with Gasteiger partial charge in [0.1, 0.15) is 0 Å². The molecule has 1 aliphatic rings. The highest BCUT2D eigenvalue weighted by molar-refractivity contribution is 6.19. The first kappa shape index (κ1) is 14.3. The van der Waals surface area contributed by atoms with Crippen LogP contribution in [0.25, 0.3) is 0 Å². The number of rotatable bonds is 2. The van der Waals surface area contributed by atoms with Crippen molar-refractivity contribution in [2.75, 3.05) is 32.6 Å². The highest BCUT2D eigenvalue weighted by Gasteiger charge is 2.24. The van der Waals surface area contributed by atoms with Crippen LogP contribution in [0.15, 0.2) is 0 Å². The summed E-state index contributed by atoms with van der Waals surface area (Å²) in [7, 11) is 2.04. The molecule has 17 heavy (non-hydrogen) atoms. The maximum absolute atomic E-state index is 11.9. The molecule has 1 unspecified atom stereocenters. The van der Waals surface area contributed by atoms with Crippen LogP contribution >= 0.6 is 11.6 Å². The molecule has 0 saturated carbocycles. The van der Waals surface area contributed by atoms with Crippen LogP contribution in [0.5, 0.6) is 0 Å². The SMILES string of the molecule is CC1CN(C)CCCN1C(=O)NC(=O)CCCl. The molecular formula is C11H20ClN3O2. The molecule has 1 N–H and O–H groups in total. The van der Waals surface area contributed by atoms with Crippen LogP contribution in [0.2, 0.25) is 0 Å². The van der Waals surface area contributed by atoms with Gasteiger partial charge in [-0.3, -0.25) is 10.1 Å². The topological polar surface area (TPSA) is 52.6 Å². The second-order valence-corrected chi connectivity index (χ2v) is 4.83. The zero-order valence-corrected chi connectivity index (χ0v) is 11.2. The summed E-state index contributed by atoms with van der Waals surface area (Å²) in [6.45, 7) is 4.49. The lowest BCUT2D eigenvalue weighted by molar-refractivity contribution is -0.119. The minimum absolute atomic E-state index is 0.117. The van der Waals surface area contributed by atoms with Crippen molar-refractivity contribution in [1.29, 1.82) is 0 Å². The number of carbonyl (C=O) groups excluding carboxylic acids is 2. The van der Waals surface area contributed by atoms with Gasteiger partial charge in [0, 0.05) is 31.4 Å². The van der Waals surface area contributed by atoms with E-state index < -0.39 is 0 Å². The van der Waals surface area contributed by atoms with Crippen LogP contribution in [0.1, 0.15) is 19.8 Å². The molecule has 1 rings (SSSR count). The second-order valence-electron chi connectivity index (χ2n) is 4.45. The Morgan fingerprint density at radius 3 is 2.76 bits per heavy atom. The quantitative estimate of drug-likeness (QED) is 0.751. The molecule has 0 aliphatic carbocycles. The van der Waals surface area contributed by atoms with Crippen LogP contribution in [-0.4, -0.2) is 60.3 Å². The smallest absolute Gasteiger partial charge is 0.320 e. The summed E-state index contributed by atoms with van der Waals surface area (Å²) in [5, 5.41) is 2.37. The highest BCUT2D eigenvalue weighted by atomic mass is 35.5. The molecule has 0 aromatic heterocycles. The molecule has 1 aliphatic heterocycles. The van der Waals surface area contributed by atoms with Crippen LogP contribution in [-0.2, 0) is 4.79 Å². The number of nitrogens with one attached hydrogen (secondary N) is 1. The van der Waals surface area contributed by atoms with E-state index in [-0.39, 0.29) is 30.3 Å². The van der Waals surface area contributed by atoms with E-state index in [0.29, 0.717) is 6.54 Å². The Balaban J connectivity index is 2.52. The van der Waals surface area contributed by atoms with Crippen molar-refractivity contribution in [1.82, 2.24) is 15.1 Å². The number of hydrogen-bond donors (Lipinski definition) is 1. The first-order valence-electron chi connectivity index (χ1n) is 5.89. The van der Waals surface area contributed by atoms with Crippen molar-refractivity contribution in [2.24, 2.45) is 0 Å². The molecule has 98 valence electrons. The van der Waals surface area contributed by atoms with Gasteiger partial charge < -0.3 is 9.80 Å². The average molecular weight is 262 g/mol. The fraction of sp³-hybridized carbons (Fsp3) is 0.818. The van der Waals surface area contributed by atoms with Gasteiger partial charge >= 0.3 is 6.03 Å². The van der Waals surface area contributed by atoms with E-state index in [9.17, 15) is 9.59 Å². The standard InChI is InChI=1S/C11H20ClN3O2/c1-9-8-14(2)6-3-7-15(9)11(17)13-10(16)4-5-12/h9H,3-8H2,1-2H3,(H,13,16,17). The number of likely N-dealkylation sites (N-methyl/N-ethyl adjacent to an activating group) is 1. The molecule has 5 nitrogen and oxygen atoms in total. The number of nitrogens with zero attached hydrogens (tertiary/aromatic N) is 2. The van der Waals surface area contributed by atoms with Crippen molar-refractivity contribution in [3.05, 3.63) is 0 Å². The van der Waals surface area contributed by atoms with Gasteiger partial charge in [-0.1, -0.05) is 0 Å². The Morgan fingerprint density at radius 1 is 1.41 bits per heavy atom. The summed E-state index contributed by atoms with van der Waals surface area (Å²) in [4.78, 5) is 27.1. The first-order valence-corrected chi connectivity index (χ1v) is 6.43. The third-order valence-corrected chi connectivity index (χ3v) is 3.06. The lowest BCUT2D eigenvalue weighted by Crippen LogP contribution is -2.48. The van der Waals surface area contributed by atoms with Crippen molar-refractivity contribution in [3.8, 4) is 0 Å². The number of carbonyl (C=O) groups is 2. The van der Waals surface area contributed by atoms with Gasteiger partial charge in [-0.25, -0.2) is 4.79 Å². The summed E-state index contributed by atoms with van der Waals surface area (Å²) in [6, 6.07) is -0.186. The Morgan fingerprint density at radius 2 is 2.12 bits per heavy atom. The Kier molecular flexibility index (Phi) is 5.71. The molecular weight excluding hydrogens is 242 g/mol. The lowest BCUT2D eigenvalue weighted by Gasteiger charge is -2.27. The summed E-state index contributed by atoms with van der Waals surface area (Å²) >= 11 is 5.45. The molecule has 0 aromatic rings.